The summed E-state index contributed by atoms with van der Waals surface area (Å²) in [6, 6.07) is 16.3. The Labute approximate surface area is 149 Å². The number of imidazole rings is 1. The number of aryl methyl sites for hydroxylation is 2. The van der Waals surface area contributed by atoms with Crippen LogP contribution >= 0.6 is 0 Å². The molecule has 4 aromatic rings. The van der Waals surface area contributed by atoms with Gasteiger partial charge in [0.2, 0.25) is 0 Å². The third-order valence-corrected chi connectivity index (χ3v) is 4.42. The van der Waals surface area contributed by atoms with Crippen LogP contribution in [-0.4, -0.2) is 18.7 Å². The Kier molecular flexibility index (Phi) is 4.23. The van der Waals surface area contributed by atoms with Crippen LogP contribution in [-0.2, 0) is 13.1 Å². The molecular weight excluding hydrogens is 328 g/mol. The molecule has 0 saturated carbocycles. The Bertz CT molecular complexity index is 1140. The van der Waals surface area contributed by atoms with Crippen molar-refractivity contribution < 1.29 is 0 Å². The van der Waals surface area contributed by atoms with E-state index in [1.165, 1.54) is 4.57 Å². The van der Waals surface area contributed by atoms with E-state index in [9.17, 15) is 9.59 Å². The predicted molar refractivity (Wildman–Crippen MR) is 101 cm³/mol. The van der Waals surface area contributed by atoms with E-state index in [2.05, 4.69) is 4.98 Å². The van der Waals surface area contributed by atoms with Crippen LogP contribution in [0.5, 0.6) is 0 Å². The molecule has 0 spiro atoms. The maximum atomic E-state index is 13.1. The van der Waals surface area contributed by atoms with E-state index < -0.39 is 0 Å². The van der Waals surface area contributed by atoms with Gasteiger partial charge in [0.1, 0.15) is 0 Å². The molecule has 0 fully saturated rings. The minimum Gasteiger partial charge on any atom is -0.337 e. The van der Waals surface area contributed by atoms with Crippen molar-refractivity contribution in [1.82, 2.24) is 18.7 Å². The monoisotopic (exact) mass is 346 g/mol. The summed E-state index contributed by atoms with van der Waals surface area (Å²) < 4.78 is 4.90. The van der Waals surface area contributed by atoms with Crippen molar-refractivity contribution >= 4 is 10.9 Å². The van der Waals surface area contributed by atoms with Crippen LogP contribution in [0.25, 0.3) is 16.6 Å². The Morgan fingerprint density at radius 3 is 2.42 bits per heavy atom. The van der Waals surface area contributed by atoms with E-state index in [1.807, 2.05) is 47.2 Å². The van der Waals surface area contributed by atoms with Gasteiger partial charge in [0.15, 0.2) is 0 Å². The molecule has 6 heteroatoms. The molecule has 0 saturated heterocycles. The average Bonchev–Trinajstić information content (AvgIpc) is 3.19. The number of aromatic nitrogens is 4. The van der Waals surface area contributed by atoms with E-state index in [-0.39, 0.29) is 11.2 Å². The van der Waals surface area contributed by atoms with Crippen molar-refractivity contribution in [2.45, 2.75) is 19.5 Å². The van der Waals surface area contributed by atoms with Gasteiger partial charge >= 0.3 is 5.69 Å². The highest BCUT2D eigenvalue weighted by molar-refractivity contribution is 5.78. The van der Waals surface area contributed by atoms with Crippen LogP contribution in [0.1, 0.15) is 6.42 Å². The molecule has 0 N–H and O–H groups in total. The van der Waals surface area contributed by atoms with E-state index >= 15 is 0 Å². The fraction of sp³-hybridized carbons (Fsp3) is 0.150. The van der Waals surface area contributed by atoms with Crippen molar-refractivity contribution in [3.05, 3.63) is 94.2 Å². The maximum Gasteiger partial charge on any atom is 0.336 e. The van der Waals surface area contributed by atoms with Crippen LogP contribution in [0.3, 0.4) is 0 Å². The molecule has 0 bridgehead atoms. The lowest BCUT2D eigenvalue weighted by molar-refractivity contribution is 0.549. The Morgan fingerprint density at radius 1 is 0.885 bits per heavy atom. The molecule has 26 heavy (non-hydrogen) atoms. The van der Waals surface area contributed by atoms with Gasteiger partial charge in [-0.3, -0.25) is 9.36 Å². The van der Waals surface area contributed by atoms with Crippen molar-refractivity contribution in [2.75, 3.05) is 0 Å². The van der Waals surface area contributed by atoms with Gasteiger partial charge in [-0.05, 0) is 30.7 Å². The third-order valence-electron chi connectivity index (χ3n) is 4.42. The summed E-state index contributed by atoms with van der Waals surface area (Å²) in [5.74, 6) is 0. The summed E-state index contributed by atoms with van der Waals surface area (Å²) in [4.78, 5) is 30.0. The zero-order valence-electron chi connectivity index (χ0n) is 14.2. The molecule has 0 aliphatic carbocycles. The van der Waals surface area contributed by atoms with Crippen molar-refractivity contribution in [3.63, 3.8) is 0 Å². The first-order chi connectivity index (χ1) is 12.8. The molecule has 0 unspecified atom stereocenters. The first-order valence-corrected chi connectivity index (χ1v) is 8.51. The van der Waals surface area contributed by atoms with E-state index in [0.29, 0.717) is 23.1 Å². The van der Waals surface area contributed by atoms with Crippen molar-refractivity contribution in [1.29, 1.82) is 0 Å². The van der Waals surface area contributed by atoms with Gasteiger partial charge in [-0.2, -0.15) is 0 Å². The van der Waals surface area contributed by atoms with Gasteiger partial charge in [-0.1, -0.05) is 30.3 Å². The van der Waals surface area contributed by atoms with Crippen LogP contribution in [0, 0.1) is 0 Å². The van der Waals surface area contributed by atoms with Crippen molar-refractivity contribution in [3.8, 4) is 5.69 Å². The fourth-order valence-corrected chi connectivity index (χ4v) is 3.17. The maximum absolute atomic E-state index is 13.1. The number of nitrogens with zero attached hydrogens (tertiary/aromatic N) is 4. The van der Waals surface area contributed by atoms with Gasteiger partial charge in [-0.15, -0.1) is 0 Å². The molecule has 0 atom stereocenters. The molecule has 0 radical (unpaired) electrons. The summed E-state index contributed by atoms with van der Waals surface area (Å²) in [5, 5.41) is 0.540. The number of benzene rings is 2. The molecule has 130 valence electrons. The lowest BCUT2D eigenvalue weighted by Crippen LogP contribution is -2.39. The van der Waals surface area contributed by atoms with Gasteiger partial charge < -0.3 is 4.57 Å². The third kappa shape index (κ3) is 2.86. The summed E-state index contributed by atoms with van der Waals surface area (Å²) in [5.41, 5.74) is 0.644. The standard InChI is InChI=1S/C20H18N4O2/c25-19-17-9-4-5-10-18(17)23(13-6-12-22-14-11-21-15-22)20(26)24(19)16-7-2-1-3-8-16/h1-5,7-11,14-15H,6,12-13H2. The second kappa shape index (κ2) is 6.84. The lowest BCUT2D eigenvalue weighted by Gasteiger charge is -2.14. The normalized spacial score (nSPS) is 11.1. The summed E-state index contributed by atoms with van der Waals surface area (Å²) >= 11 is 0. The number of hydrogen-bond donors (Lipinski definition) is 0. The molecular formula is C20H18N4O2. The zero-order chi connectivity index (χ0) is 17.9. The predicted octanol–water partition coefficient (Wildman–Crippen LogP) is 2.44. The minimum atomic E-state index is -0.314. The smallest absolute Gasteiger partial charge is 0.336 e. The first-order valence-electron chi connectivity index (χ1n) is 8.51. The molecule has 2 aromatic carbocycles. The Morgan fingerprint density at radius 2 is 1.65 bits per heavy atom. The highest BCUT2D eigenvalue weighted by Gasteiger charge is 2.13. The zero-order valence-corrected chi connectivity index (χ0v) is 14.2. The highest BCUT2D eigenvalue weighted by Crippen LogP contribution is 2.10. The molecule has 6 nitrogen and oxygen atoms in total. The van der Waals surface area contributed by atoms with Crippen LogP contribution in [0.15, 0.2) is 82.9 Å². The second-order valence-electron chi connectivity index (χ2n) is 6.08. The number of rotatable bonds is 5. The van der Waals surface area contributed by atoms with Gasteiger partial charge in [0.25, 0.3) is 5.56 Å². The van der Waals surface area contributed by atoms with Crippen LogP contribution < -0.4 is 11.2 Å². The van der Waals surface area contributed by atoms with Gasteiger partial charge in [0.05, 0.1) is 22.9 Å². The quantitative estimate of drug-likeness (QED) is 0.558. The van der Waals surface area contributed by atoms with Crippen LogP contribution in [0.4, 0.5) is 0 Å². The van der Waals surface area contributed by atoms with E-state index in [0.717, 1.165) is 13.0 Å². The Balaban J connectivity index is 1.83. The molecule has 4 rings (SSSR count). The second-order valence-corrected chi connectivity index (χ2v) is 6.08. The van der Waals surface area contributed by atoms with E-state index in [1.54, 1.807) is 35.3 Å². The summed E-state index contributed by atoms with van der Waals surface area (Å²) in [6.07, 6.45) is 6.14. The summed E-state index contributed by atoms with van der Waals surface area (Å²) in [6.45, 7) is 1.27. The highest BCUT2D eigenvalue weighted by atomic mass is 16.2. The van der Waals surface area contributed by atoms with Gasteiger partial charge in [0, 0.05) is 25.5 Å². The Hall–Kier alpha value is -3.41. The molecule has 2 heterocycles. The molecule has 0 aliphatic rings. The largest absolute Gasteiger partial charge is 0.337 e. The first kappa shape index (κ1) is 16.1. The molecule has 2 aromatic heterocycles. The summed E-state index contributed by atoms with van der Waals surface area (Å²) in [7, 11) is 0. The molecule has 0 amide bonds. The van der Waals surface area contributed by atoms with E-state index in [4.69, 9.17) is 0 Å². The lowest BCUT2D eigenvalue weighted by atomic mass is 10.2. The minimum absolute atomic E-state index is 0.289. The number of hydrogen-bond acceptors (Lipinski definition) is 3. The van der Waals surface area contributed by atoms with Crippen LogP contribution in [0.2, 0.25) is 0 Å². The van der Waals surface area contributed by atoms with Crippen molar-refractivity contribution in [2.24, 2.45) is 0 Å². The number of para-hydroxylation sites is 2. The fourth-order valence-electron chi connectivity index (χ4n) is 3.17. The number of fused-ring (bicyclic) bond motifs is 1. The SMILES string of the molecule is O=c1c2ccccc2n(CCCn2ccnc2)c(=O)n1-c1ccccc1. The average molecular weight is 346 g/mol. The van der Waals surface area contributed by atoms with Gasteiger partial charge in [-0.25, -0.2) is 14.3 Å². The topological polar surface area (TPSA) is 61.8 Å². The molecule has 0 aliphatic heterocycles.